The van der Waals surface area contributed by atoms with Crippen LogP contribution in [-0.4, -0.2) is 19.7 Å². The highest BCUT2D eigenvalue weighted by Crippen LogP contribution is 2.20. The van der Waals surface area contributed by atoms with Crippen LogP contribution in [0.15, 0.2) is 23.2 Å². The first-order valence-electron chi connectivity index (χ1n) is 4.73. The number of rotatable bonds is 4. The maximum Gasteiger partial charge on any atom is 0.162 e. The third kappa shape index (κ3) is 2.38. The fourth-order valence-corrected chi connectivity index (χ4v) is 1.69. The van der Waals surface area contributed by atoms with Crippen molar-refractivity contribution in [2.45, 2.75) is 20.0 Å². The number of hydrogen-bond acceptors (Lipinski definition) is 3. The van der Waals surface area contributed by atoms with E-state index in [4.69, 9.17) is 0 Å². The Morgan fingerprint density at radius 2 is 2.47 bits per heavy atom. The molecule has 2 aromatic rings. The van der Waals surface area contributed by atoms with Crippen molar-refractivity contribution in [2.24, 2.45) is 0 Å². The van der Waals surface area contributed by atoms with Crippen LogP contribution in [0.3, 0.4) is 0 Å². The highest BCUT2D eigenvalue weighted by Gasteiger charge is 2.04. The quantitative estimate of drug-likeness (QED) is 0.893. The normalized spacial score (nSPS) is 10.5. The van der Waals surface area contributed by atoms with Crippen LogP contribution in [0.25, 0.3) is 0 Å². The molecule has 0 amide bonds. The summed E-state index contributed by atoms with van der Waals surface area (Å²) in [5, 5.41) is 7.57. The van der Waals surface area contributed by atoms with Crippen molar-refractivity contribution < 1.29 is 0 Å². The molecule has 2 N–H and O–H groups in total. The predicted molar refractivity (Wildman–Crippen MR) is 61.5 cm³/mol. The van der Waals surface area contributed by atoms with E-state index in [1.54, 1.807) is 12.5 Å². The molecule has 15 heavy (non-hydrogen) atoms. The number of halogens is 1. The number of imidazole rings is 1. The van der Waals surface area contributed by atoms with E-state index in [9.17, 15) is 0 Å². The summed E-state index contributed by atoms with van der Waals surface area (Å²) in [4.78, 5) is 6.97. The molecule has 5 nitrogen and oxygen atoms in total. The molecule has 0 aliphatic rings. The zero-order valence-corrected chi connectivity index (χ0v) is 9.95. The van der Waals surface area contributed by atoms with E-state index >= 15 is 0 Å². The van der Waals surface area contributed by atoms with E-state index in [0.717, 1.165) is 22.5 Å². The van der Waals surface area contributed by atoms with Crippen molar-refractivity contribution in [3.63, 3.8) is 0 Å². The van der Waals surface area contributed by atoms with Gasteiger partial charge in [0.1, 0.15) is 0 Å². The van der Waals surface area contributed by atoms with E-state index in [0.29, 0.717) is 6.54 Å². The van der Waals surface area contributed by atoms with E-state index in [1.165, 1.54) is 0 Å². The lowest BCUT2D eigenvalue weighted by molar-refractivity contribution is 0.661. The minimum atomic E-state index is 0.694. The van der Waals surface area contributed by atoms with Crippen LogP contribution in [0, 0.1) is 0 Å². The second kappa shape index (κ2) is 4.48. The van der Waals surface area contributed by atoms with Crippen molar-refractivity contribution in [3.8, 4) is 0 Å². The molecule has 0 fully saturated rings. The lowest BCUT2D eigenvalue weighted by Crippen LogP contribution is -2.02. The molecule has 0 atom stereocenters. The van der Waals surface area contributed by atoms with Crippen LogP contribution in [-0.2, 0) is 13.1 Å². The maximum atomic E-state index is 4.35. The van der Waals surface area contributed by atoms with Gasteiger partial charge < -0.3 is 10.3 Å². The van der Waals surface area contributed by atoms with Crippen LogP contribution < -0.4 is 5.32 Å². The van der Waals surface area contributed by atoms with Gasteiger partial charge in [-0.1, -0.05) is 0 Å². The van der Waals surface area contributed by atoms with E-state index in [1.807, 2.05) is 10.9 Å². The molecule has 2 heterocycles. The standard InChI is InChI=1S/C9H12BrN5/c1-2-15-5-8(10)9(14-15)12-4-7-3-11-6-13-7/h3,5-6H,2,4H2,1H3,(H,11,13)(H,12,14). The number of aromatic amines is 1. The average molecular weight is 270 g/mol. The lowest BCUT2D eigenvalue weighted by atomic mass is 10.4. The van der Waals surface area contributed by atoms with Crippen LogP contribution in [0.1, 0.15) is 12.6 Å². The first-order valence-corrected chi connectivity index (χ1v) is 5.53. The summed E-state index contributed by atoms with van der Waals surface area (Å²) in [6, 6.07) is 0. The molecule has 0 saturated carbocycles. The van der Waals surface area contributed by atoms with Gasteiger partial charge in [0, 0.05) is 18.9 Å². The fraction of sp³-hybridized carbons (Fsp3) is 0.333. The molecule has 6 heteroatoms. The maximum absolute atomic E-state index is 4.35. The molecule has 0 aliphatic carbocycles. The third-order valence-corrected chi connectivity index (χ3v) is 2.62. The summed E-state index contributed by atoms with van der Waals surface area (Å²) in [5.41, 5.74) is 1.04. The van der Waals surface area contributed by atoms with Gasteiger partial charge in [-0.05, 0) is 22.9 Å². The number of aryl methyl sites for hydroxylation is 1. The summed E-state index contributed by atoms with van der Waals surface area (Å²) in [7, 11) is 0. The van der Waals surface area contributed by atoms with Crippen molar-refractivity contribution in [3.05, 3.63) is 28.9 Å². The Kier molecular flexibility index (Phi) is 3.05. The molecule has 80 valence electrons. The summed E-state index contributed by atoms with van der Waals surface area (Å²) in [5.74, 6) is 0.853. The molecule has 0 spiro atoms. The summed E-state index contributed by atoms with van der Waals surface area (Å²) in [6.07, 6.45) is 5.41. The Labute approximate surface area is 96.0 Å². The van der Waals surface area contributed by atoms with E-state index < -0.39 is 0 Å². The van der Waals surface area contributed by atoms with Crippen LogP contribution >= 0.6 is 15.9 Å². The molecule has 0 aliphatic heterocycles. The Morgan fingerprint density at radius 3 is 3.07 bits per heavy atom. The number of anilines is 1. The number of aromatic nitrogens is 4. The Morgan fingerprint density at radius 1 is 1.60 bits per heavy atom. The molecule has 2 aromatic heterocycles. The minimum Gasteiger partial charge on any atom is -0.362 e. The second-order valence-electron chi connectivity index (χ2n) is 3.11. The number of nitrogens with one attached hydrogen (secondary N) is 2. The molecule has 0 radical (unpaired) electrons. The molecular formula is C9H12BrN5. The van der Waals surface area contributed by atoms with Gasteiger partial charge >= 0.3 is 0 Å². The van der Waals surface area contributed by atoms with Gasteiger partial charge in [-0.15, -0.1) is 0 Å². The van der Waals surface area contributed by atoms with Gasteiger partial charge in [0.2, 0.25) is 0 Å². The minimum absolute atomic E-state index is 0.694. The van der Waals surface area contributed by atoms with Crippen LogP contribution in [0.4, 0.5) is 5.82 Å². The molecule has 0 unspecified atom stereocenters. The highest BCUT2D eigenvalue weighted by atomic mass is 79.9. The van der Waals surface area contributed by atoms with E-state index in [-0.39, 0.29) is 0 Å². The highest BCUT2D eigenvalue weighted by molar-refractivity contribution is 9.10. The zero-order valence-electron chi connectivity index (χ0n) is 8.37. The SMILES string of the molecule is CCn1cc(Br)c(NCc2cnc[nH]2)n1. The number of H-pyrrole nitrogens is 1. The second-order valence-corrected chi connectivity index (χ2v) is 3.97. The monoisotopic (exact) mass is 269 g/mol. The topological polar surface area (TPSA) is 58.5 Å². The van der Waals surface area contributed by atoms with Crippen molar-refractivity contribution >= 4 is 21.7 Å². The zero-order chi connectivity index (χ0) is 10.7. The van der Waals surface area contributed by atoms with Crippen molar-refractivity contribution in [2.75, 3.05) is 5.32 Å². The molecular weight excluding hydrogens is 258 g/mol. The molecule has 0 bridgehead atoms. The first-order chi connectivity index (χ1) is 7.29. The molecule has 2 rings (SSSR count). The smallest absolute Gasteiger partial charge is 0.162 e. The third-order valence-electron chi connectivity index (χ3n) is 2.04. The van der Waals surface area contributed by atoms with E-state index in [2.05, 4.69) is 43.2 Å². The fourth-order valence-electron chi connectivity index (χ4n) is 1.24. The number of hydrogen-bond donors (Lipinski definition) is 2. The Bertz CT molecular complexity index is 420. The predicted octanol–water partition coefficient (Wildman–Crippen LogP) is 2.00. The summed E-state index contributed by atoms with van der Waals surface area (Å²) < 4.78 is 2.85. The summed E-state index contributed by atoms with van der Waals surface area (Å²) >= 11 is 3.45. The van der Waals surface area contributed by atoms with Gasteiger partial charge in [0.25, 0.3) is 0 Å². The lowest BCUT2D eigenvalue weighted by Gasteiger charge is -2.00. The van der Waals surface area contributed by atoms with Crippen molar-refractivity contribution in [1.82, 2.24) is 19.7 Å². The molecule has 0 aromatic carbocycles. The summed E-state index contributed by atoms with van der Waals surface area (Å²) in [6.45, 7) is 3.61. The van der Waals surface area contributed by atoms with Crippen molar-refractivity contribution in [1.29, 1.82) is 0 Å². The van der Waals surface area contributed by atoms with Crippen LogP contribution in [0.2, 0.25) is 0 Å². The van der Waals surface area contributed by atoms with Gasteiger partial charge in [0.05, 0.1) is 23.0 Å². The van der Waals surface area contributed by atoms with Gasteiger partial charge in [-0.25, -0.2) is 4.98 Å². The first kappa shape index (κ1) is 10.2. The molecule has 0 saturated heterocycles. The van der Waals surface area contributed by atoms with Crippen LogP contribution in [0.5, 0.6) is 0 Å². The van der Waals surface area contributed by atoms with Gasteiger partial charge in [0.15, 0.2) is 5.82 Å². The Balaban J connectivity index is 2.01. The average Bonchev–Trinajstić information content (AvgIpc) is 2.84. The van der Waals surface area contributed by atoms with Gasteiger partial charge in [-0.3, -0.25) is 4.68 Å². The Hall–Kier alpha value is -1.30. The largest absolute Gasteiger partial charge is 0.362 e. The number of nitrogens with zero attached hydrogens (tertiary/aromatic N) is 3. The van der Waals surface area contributed by atoms with Gasteiger partial charge in [-0.2, -0.15) is 5.10 Å².